The summed E-state index contributed by atoms with van der Waals surface area (Å²) in [5, 5.41) is 8.97. The molecular formula is C14H16N6. The fraction of sp³-hybridized carbons (Fsp3) is 0.357. The Balaban J connectivity index is 1.65. The first-order chi connectivity index (χ1) is 9.90. The van der Waals surface area contributed by atoms with E-state index in [2.05, 4.69) is 31.6 Å². The third-order valence-corrected chi connectivity index (χ3v) is 3.83. The maximum atomic E-state index is 4.45. The first kappa shape index (κ1) is 11.6. The van der Waals surface area contributed by atoms with Gasteiger partial charge in [0, 0.05) is 29.4 Å². The van der Waals surface area contributed by atoms with Gasteiger partial charge in [0.15, 0.2) is 0 Å². The number of H-pyrrole nitrogens is 1. The average Bonchev–Trinajstić information content (AvgIpc) is 3.19. The highest BCUT2D eigenvalue weighted by Gasteiger charge is 2.15. The van der Waals surface area contributed by atoms with Crippen LogP contribution in [0.3, 0.4) is 0 Å². The summed E-state index contributed by atoms with van der Waals surface area (Å²) in [6.45, 7) is 2.04. The molecule has 1 aliphatic rings. The molecule has 1 atom stereocenters. The van der Waals surface area contributed by atoms with E-state index in [0.29, 0.717) is 6.04 Å². The molecule has 0 aliphatic carbocycles. The zero-order valence-corrected chi connectivity index (χ0v) is 11.1. The number of fused-ring (bicyclic) bond motifs is 1. The van der Waals surface area contributed by atoms with E-state index >= 15 is 0 Å². The van der Waals surface area contributed by atoms with Crippen LogP contribution in [0, 0.1) is 0 Å². The summed E-state index contributed by atoms with van der Waals surface area (Å²) in [5.41, 5.74) is 2.83. The summed E-state index contributed by atoms with van der Waals surface area (Å²) in [6.07, 6.45) is 9.90. The summed E-state index contributed by atoms with van der Waals surface area (Å²) in [5.74, 6) is 0. The van der Waals surface area contributed by atoms with Crippen LogP contribution in [0.2, 0.25) is 0 Å². The van der Waals surface area contributed by atoms with E-state index in [9.17, 15) is 0 Å². The van der Waals surface area contributed by atoms with Gasteiger partial charge in [-0.1, -0.05) is 0 Å². The number of nitrogens with one attached hydrogen (secondary N) is 2. The van der Waals surface area contributed by atoms with Crippen molar-refractivity contribution < 1.29 is 0 Å². The van der Waals surface area contributed by atoms with Crippen LogP contribution < -0.4 is 5.32 Å². The van der Waals surface area contributed by atoms with Gasteiger partial charge in [0.1, 0.15) is 12.0 Å². The normalized spacial score (nSPS) is 18.9. The highest BCUT2D eigenvalue weighted by atomic mass is 15.3. The minimum Gasteiger partial charge on any atom is -0.346 e. The van der Waals surface area contributed by atoms with Crippen molar-refractivity contribution >= 4 is 11.0 Å². The Labute approximate surface area is 116 Å². The van der Waals surface area contributed by atoms with E-state index in [0.717, 1.165) is 35.4 Å². The fourth-order valence-electron chi connectivity index (χ4n) is 2.83. The van der Waals surface area contributed by atoms with Crippen LogP contribution in [0.5, 0.6) is 0 Å². The second kappa shape index (κ2) is 4.72. The predicted molar refractivity (Wildman–Crippen MR) is 76.1 cm³/mol. The summed E-state index contributed by atoms with van der Waals surface area (Å²) < 4.78 is 2.00. The third-order valence-electron chi connectivity index (χ3n) is 3.83. The Kier molecular flexibility index (Phi) is 2.74. The van der Waals surface area contributed by atoms with Crippen molar-refractivity contribution in [2.75, 3.05) is 6.54 Å². The first-order valence-electron chi connectivity index (χ1n) is 6.94. The number of nitrogens with zero attached hydrogens (tertiary/aromatic N) is 4. The van der Waals surface area contributed by atoms with E-state index < -0.39 is 0 Å². The van der Waals surface area contributed by atoms with Gasteiger partial charge in [-0.25, -0.2) is 9.97 Å². The zero-order valence-electron chi connectivity index (χ0n) is 11.1. The van der Waals surface area contributed by atoms with Crippen LogP contribution in [0.25, 0.3) is 22.3 Å². The molecule has 3 aromatic rings. The van der Waals surface area contributed by atoms with Gasteiger partial charge in [0.2, 0.25) is 0 Å². The molecule has 0 amide bonds. The fourth-order valence-corrected chi connectivity index (χ4v) is 2.83. The third kappa shape index (κ3) is 1.98. The summed E-state index contributed by atoms with van der Waals surface area (Å²) >= 11 is 0. The van der Waals surface area contributed by atoms with Gasteiger partial charge in [-0.3, -0.25) is 4.68 Å². The maximum Gasteiger partial charge on any atom is 0.141 e. The van der Waals surface area contributed by atoms with Gasteiger partial charge < -0.3 is 10.3 Å². The van der Waals surface area contributed by atoms with E-state index in [4.69, 9.17) is 0 Å². The first-order valence-corrected chi connectivity index (χ1v) is 6.94. The van der Waals surface area contributed by atoms with Gasteiger partial charge in [-0.2, -0.15) is 5.10 Å². The number of aromatic amines is 1. The Morgan fingerprint density at radius 2 is 2.35 bits per heavy atom. The molecule has 0 aromatic carbocycles. The lowest BCUT2D eigenvalue weighted by atomic mass is 10.2. The topological polar surface area (TPSA) is 71.4 Å². The lowest BCUT2D eigenvalue weighted by Gasteiger charge is -2.09. The van der Waals surface area contributed by atoms with Gasteiger partial charge in [0.25, 0.3) is 0 Å². The molecule has 20 heavy (non-hydrogen) atoms. The monoisotopic (exact) mass is 268 g/mol. The lowest BCUT2D eigenvalue weighted by Crippen LogP contribution is -2.26. The SMILES string of the molecule is c1nc(-c2cnn(CC3CCCN3)c2)c2cc[nH]c2n1. The number of hydrogen-bond acceptors (Lipinski definition) is 4. The predicted octanol–water partition coefficient (Wildman–Crippen LogP) is 1.57. The quantitative estimate of drug-likeness (QED) is 0.756. The van der Waals surface area contributed by atoms with Crippen molar-refractivity contribution in [2.45, 2.75) is 25.4 Å². The van der Waals surface area contributed by atoms with Gasteiger partial charge in [-0.15, -0.1) is 0 Å². The van der Waals surface area contributed by atoms with Gasteiger partial charge in [-0.05, 0) is 25.5 Å². The van der Waals surface area contributed by atoms with E-state index in [-0.39, 0.29) is 0 Å². The molecule has 0 spiro atoms. The van der Waals surface area contributed by atoms with E-state index in [1.165, 1.54) is 12.8 Å². The molecular weight excluding hydrogens is 252 g/mol. The highest BCUT2D eigenvalue weighted by Crippen LogP contribution is 2.24. The van der Waals surface area contributed by atoms with Crippen LogP contribution in [0.1, 0.15) is 12.8 Å². The van der Waals surface area contributed by atoms with Crippen LogP contribution in [-0.4, -0.2) is 37.3 Å². The van der Waals surface area contributed by atoms with E-state index in [1.807, 2.05) is 23.1 Å². The van der Waals surface area contributed by atoms with Gasteiger partial charge >= 0.3 is 0 Å². The van der Waals surface area contributed by atoms with Gasteiger partial charge in [0.05, 0.1) is 18.4 Å². The van der Waals surface area contributed by atoms with Crippen LogP contribution in [-0.2, 0) is 6.54 Å². The van der Waals surface area contributed by atoms with Crippen LogP contribution in [0.15, 0.2) is 31.0 Å². The number of hydrogen-bond donors (Lipinski definition) is 2. The summed E-state index contributed by atoms with van der Waals surface area (Å²) in [4.78, 5) is 11.7. The second-order valence-corrected chi connectivity index (χ2v) is 5.21. The summed E-state index contributed by atoms with van der Waals surface area (Å²) in [6, 6.07) is 2.54. The summed E-state index contributed by atoms with van der Waals surface area (Å²) in [7, 11) is 0. The molecule has 6 heteroatoms. The standard InChI is InChI=1S/C14H16N6/c1-2-11(15-4-1)8-20-7-10(6-19-20)13-12-3-5-16-14(12)18-9-17-13/h3,5-7,9,11,15H,1-2,4,8H2,(H,16,17,18). The minimum atomic E-state index is 0.542. The van der Waals surface area contributed by atoms with Crippen molar-refractivity contribution in [3.63, 3.8) is 0 Å². The molecule has 2 N–H and O–H groups in total. The Hall–Kier alpha value is -2.21. The molecule has 0 bridgehead atoms. The zero-order chi connectivity index (χ0) is 13.4. The maximum absolute atomic E-state index is 4.45. The molecule has 1 aliphatic heterocycles. The van der Waals surface area contributed by atoms with E-state index in [1.54, 1.807) is 6.33 Å². The molecule has 3 aromatic heterocycles. The molecule has 4 heterocycles. The average molecular weight is 268 g/mol. The van der Waals surface area contributed by atoms with Crippen molar-refractivity contribution in [2.24, 2.45) is 0 Å². The Bertz CT molecular complexity index is 722. The molecule has 1 fully saturated rings. The van der Waals surface area contributed by atoms with Crippen molar-refractivity contribution in [1.29, 1.82) is 0 Å². The molecule has 102 valence electrons. The number of rotatable bonds is 3. The molecule has 1 saturated heterocycles. The largest absolute Gasteiger partial charge is 0.346 e. The van der Waals surface area contributed by atoms with Crippen LogP contribution >= 0.6 is 0 Å². The highest BCUT2D eigenvalue weighted by molar-refractivity contribution is 5.89. The molecule has 6 nitrogen and oxygen atoms in total. The number of aromatic nitrogens is 5. The van der Waals surface area contributed by atoms with Crippen LogP contribution in [0.4, 0.5) is 0 Å². The van der Waals surface area contributed by atoms with Crippen molar-refractivity contribution in [3.8, 4) is 11.3 Å². The Morgan fingerprint density at radius 3 is 3.25 bits per heavy atom. The molecule has 0 radical (unpaired) electrons. The molecule has 0 saturated carbocycles. The smallest absolute Gasteiger partial charge is 0.141 e. The molecule has 1 unspecified atom stereocenters. The minimum absolute atomic E-state index is 0.542. The lowest BCUT2D eigenvalue weighted by molar-refractivity contribution is 0.476. The Morgan fingerprint density at radius 1 is 1.35 bits per heavy atom. The van der Waals surface area contributed by atoms with Crippen molar-refractivity contribution in [3.05, 3.63) is 31.0 Å². The second-order valence-electron chi connectivity index (χ2n) is 5.21. The molecule has 4 rings (SSSR count). The van der Waals surface area contributed by atoms with Crippen molar-refractivity contribution in [1.82, 2.24) is 30.0 Å².